The SMILES string of the molecule is COCCCNC(=O)c1ccc(-c2n[nH]c3c2CCc2cc(OC)ccc2-3)cc1. The second-order valence-electron chi connectivity index (χ2n) is 7.13. The van der Waals surface area contributed by atoms with Gasteiger partial charge >= 0.3 is 0 Å². The molecule has 0 unspecified atom stereocenters. The normalized spacial score (nSPS) is 12.2. The van der Waals surface area contributed by atoms with Gasteiger partial charge in [-0.2, -0.15) is 5.10 Å². The molecular formula is C23H25N3O3. The Balaban J connectivity index is 1.53. The number of carbonyl (C=O) groups is 1. The first-order valence-electron chi connectivity index (χ1n) is 9.83. The lowest BCUT2D eigenvalue weighted by Crippen LogP contribution is -2.25. The average Bonchev–Trinajstić information content (AvgIpc) is 3.20. The maximum absolute atomic E-state index is 12.2. The van der Waals surface area contributed by atoms with E-state index in [9.17, 15) is 4.79 Å². The molecule has 3 aromatic rings. The highest BCUT2D eigenvalue weighted by Crippen LogP contribution is 2.38. The van der Waals surface area contributed by atoms with Crippen molar-refractivity contribution in [3.63, 3.8) is 0 Å². The number of benzene rings is 2. The molecule has 0 bridgehead atoms. The number of aromatic nitrogens is 2. The summed E-state index contributed by atoms with van der Waals surface area (Å²) in [6.45, 7) is 1.24. The van der Waals surface area contributed by atoms with Gasteiger partial charge in [-0.15, -0.1) is 0 Å². The summed E-state index contributed by atoms with van der Waals surface area (Å²) in [6.07, 6.45) is 2.67. The lowest BCUT2D eigenvalue weighted by Gasteiger charge is -2.17. The molecule has 0 atom stereocenters. The molecule has 29 heavy (non-hydrogen) atoms. The molecule has 0 saturated heterocycles. The molecule has 2 aromatic carbocycles. The summed E-state index contributed by atoms with van der Waals surface area (Å²) in [5, 5.41) is 10.7. The summed E-state index contributed by atoms with van der Waals surface area (Å²) < 4.78 is 10.3. The predicted octanol–water partition coefficient (Wildman–Crippen LogP) is 3.62. The van der Waals surface area contributed by atoms with Gasteiger partial charge in [0.25, 0.3) is 5.91 Å². The monoisotopic (exact) mass is 391 g/mol. The van der Waals surface area contributed by atoms with Crippen molar-refractivity contribution in [1.29, 1.82) is 0 Å². The number of nitrogens with zero attached hydrogens (tertiary/aromatic N) is 1. The second-order valence-corrected chi connectivity index (χ2v) is 7.13. The van der Waals surface area contributed by atoms with Crippen LogP contribution in [-0.2, 0) is 17.6 Å². The zero-order valence-electron chi connectivity index (χ0n) is 16.7. The fraction of sp³-hybridized carbons (Fsp3) is 0.304. The number of methoxy groups -OCH3 is 2. The van der Waals surface area contributed by atoms with Crippen LogP contribution in [0, 0.1) is 0 Å². The van der Waals surface area contributed by atoms with Crippen LogP contribution in [0.4, 0.5) is 0 Å². The largest absolute Gasteiger partial charge is 0.497 e. The zero-order chi connectivity index (χ0) is 20.2. The van der Waals surface area contributed by atoms with E-state index in [1.54, 1.807) is 14.2 Å². The number of rotatable bonds is 7. The first-order valence-corrected chi connectivity index (χ1v) is 9.83. The molecule has 0 aliphatic heterocycles. The van der Waals surface area contributed by atoms with Gasteiger partial charge in [0.2, 0.25) is 0 Å². The Morgan fingerprint density at radius 2 is 1.97 bits per heavy atom. The number of hydrogen-bond donors (Lipinski definition) is 2. The van der Waals surface area contributed by atoms with Crippen LogP contribution in [0.3, 0.4) is 0 Å². The number of fused-ring (bicyclic) bond motifs is 3. The third-order valence-corrected chi connectivity index (χ3v) is 5.32. The van der Waals surface area contributed by atoms with Crippen molar-refractivity contribution >= 4 is 5.91 Å². The Kier molecular flexibility index (Phi) is 5.62. The minimum absolute atomic E-state index is 0.0698. The standard InChI is InChI=1S/C23H25N3O3/c1-28-13-3-12-24-23(27)16-6-4-15(5-7-16)21-20-10-8-17-14-18(29-2)9-11-19(17)22(20)26-25-21/h4-7,9,11,14H,3,8,10,12-13H2,1-2H3,(H,24,27)(H,25,26). The number of ether oxygens (including phenoxy) is 2. The molecule has 6 nitrogen and oxygen atoms in total. The topological polar surface area (TPSA) is 76.2 Å². The van der Waals surface area contributed by atoms with Gasteiger partial charge in [0.1, 0.15) is 5.75 Å². The molecule has 1 aliphatic carbocycles. The molecule has 1 heterocycles. The van der Waals surface area contributed by atoms with E-state index >= 15 is 0 Å². The van der Waals surface area contributed by atoms with E-state index in [-0.39, 0.29) is 5.91 Å². The van der Waals surface area contributed by atoms with Gasteiger partial charge in [0.05, 0.1) is 18.5 Å². The molecule has 0 spiro atoms. The summed E-state index contributed by atoms with van der Waals surface area (Å²) in [4.78, 5) is 12.2. The van der Waals surface area contributed by atoms with Crippen LogP contribution in [-0.4, -0.2) is 43.5 Å². The molecule has 0 radical (unpaired) electrons. The Morgan fingerprint density at radius 1 is 1.14 bits per heavy atom. The van der Waals surface area contributed by atoms with Crippen LogP contribution >= 0.6 is 0 Å². The smallest absolute Gasteiger partial charge is 0.251 e. The minimum atomic E-state index is -0.0698. The van der Waals surface area contributed by atoms with Crippen molar-refractivity contribution in [2.45, 2.75) is 19.3 Å². The van der Waals surface area contributed by atoms with Crippen molar-refractivity contribution in [2.24, 2.45) is 0 Å². The number of H-pyrrole nitrogens is 1. The molecule has 1 aromatic heterocycles. The van der Waals surface area contributed by atoms with E-state index in [4.69, 9.17) is 9.47 Å². The van der Waals surface area contributed by atoms with Crippen LogP contribution in [0.5, 0.6) is 5.75 Å². The summed E-state index contributed by atoms with van der Waals surface area (Å²) >= 11 is 0. The Morgan fingerprint density at radius 3 is 2.72 bits per heavy atom. The number of aryl methyl sites for hydroxylation is 1. The quantitative estimate of drug-likeness (QED) is 0.603. The lowest BCUT2D eigenvalue weighted by molar-refractivity contribution is 0.0948. The molecule has 6 heteroatoms. The number of amides is 1. The molecule has 0 saturated carbocycles. The number of aromatic amines is 1. The van der Waals surface area contributed by atoms with Gasteiger partial charge in [-0.05, 0) is 55.2 Å². The number of carbonyl (C=O) groups excluding carboxylic acids is 1. The van der Waals surface area contributed by atoms with Crippen molar-refractivity contribution in [1.82, 2.24) is 15.5 Å². The zero-order valence-corrected chi connectivity index (χ0v) is 16.7. The van der Waals surface area contributed by atoms with E-state index in [1.165, 1.54) is 16.7 Å². The Bertz CT molecular complexity index is 1010. The highest BCUT2D eigenvalue weighted by atomic mass is 16.5. The van der Waals surface area contributed by atoms with Gasteiger partial charge in [-0.1, -0.05) is 12.1 Å². The van der Waals surface area contributed by atoms with E-state index in [2.05, 4.69) is 27.6 Å². The third kappa shape index (κ3) is 3.89. The van der Waals surface area contributed by atoms with Crippen LogP contribution in [0.2, 0.25) is 0 Å². The first kappa shape index (κ1) is 19.2. The average molecular weight is 391 g/mol. The van der Waals surface area contributed by atoms with Crippen LogP contribution in [0.15, 0.2) is 42.5 Å². The molecule has 150 valence electrons. The molecule has 4 rings (SSSR count). The van der Waals surface area contributed by atoms with Crippen LogP contribution < -0.4 is 10.1 Å². The van der Waals surface area contributed by atoms with Crippen molar-refractivity contribution < 1.29 is 14.3 Å². The predicted molar refractivity (Wildman–Crippen MR) is 112 cm³/mol. The van der Waals surface area contributed by atoms with E-state index < -0.39 is 0 Å². The molecule has 0 fully saturated rings. The Hall–Kier alpha value is -3.12. The van der Waals surface area contributed by atoms with Gasteiger partial charge in [0.15, 0.2) is 0 Å². The van der Waals surface area contributed by atoms with E-state index in [1.807, 2.05) is 30.3 Å². The maximum atomic E-state index is 12.2. The summed E-state index contributed by atoms with van der Waals surface area (Å²) in [5.74, 6) is 0.808. The molecule has 1 aliphatic rings. The Labute approximate surface area is 170 Å². The van der Waals surface area contributed by atoms with E-state index in [0.29, 0.717) is 18.7 Å². The molecule has 1 amide bonds. The highest BCUT2D eigenvalue weighted by molar-refractivity contribution is 5.94. The summed E-state index contributed by atoms with van der Waals surface area (Å²) in [6, 6.07) is 13.8. The number of nitrogens with one attached hydrogen (secondary N) is 2. The minimum Gasteiger partial charge on any atom is -0.497 e. The molecule has 2 N–H and O–H groups in total. The lowest BCUT2D eigenvalue weighted by atomic mass is 9.87. The molecular weight excluding hydrogens is 366 g/mol. The van der Waals surface area contributed by atoms with Gasteiger partial charge in [-0.3, -0.25) is 9.89 Å². The second kappa shape index (κ2) is 8.49. The fourth-order valence-corrected chi connectivity index (χ4v) is 3.78. The van der Waals surface area contributed by atoms with Crippen molar-refractivity contribution in [3.05, 3.63) is 59.2 Å². The van der Waals surface area contributed by atoms with Crippen LogP contribution in [0.1, 0.15) is 27.9 Å². The van der Waals surface area contributed by atoms with Gasteiger partial charge < -0.3 is 14.8 Å². The maximum Gasteiger partial charge on any atom is 0.251 e. The van der Waals surface area contributed by atoms with Crippen molar-refractivity contribution in [2.75, 3.05) is 27.4 Å². The number of hydrogen-bond acceptors (Lipinski definition) is 4. The highest BCUT2D eigenvalue weighted by Gasteiger charge is 2.23. The summed E-state index contributed by atoms with van der Waals surface area (Å²) in [5.41, 5.74) is 7.35. The third-order valence-electron chi connectivity index (χ3n) is 5.32. The van der Waals surface area contributed by atoms with Crippen LogP contribution in [0.25, 0.3) is 22.5 Å². The van der Waals surface area contributed by atoms with Crippen molar-refractivity contribution in [3.8, 4) is 28.3 Å². The van der Waals surface area contributed by atoms with Gasteiger partial charge in [-0.25, -0.2) is 0 Å². The first-order chi connectivity index (χ1) is 14.2. The van der Waals surface area contributed by atoms with Gasteiger partial charge in [0, 0.05) is 42.5 Å². The fourth-order valence-electron chi connectivity index (χ4n) is 3.78. The van der Waals surface area contributed by atoms with E-state index in [0.717, 1.165) is 42.0 Å². The summed E-state index contributed by atoms with van der Waals surface area (Å²) in [7, 11) is 3.34.